The molecule has 0 spiro atoms. The molecule has 0 unspecified atom stereocenters. The monoisotopic (exact) mass is 343 g/mol. The molecule has 3 nitrogen and oxygen atoms in total. The van der Waals surface area contributed by atoms with Crippen LogP contribution in [0.3, 0.4) is 0 Å². The summed E-state index contributed by atoms with van der Waals surface area (Å²) >= 11 is 8.30. The van der Waals surface area contributed by atoms with Gasteiger partial charge >= 0.3 is 0 Å². The van der Waals surface area contributed by atoms with Crippen molar-refractivity contribution in [3.63, 3.8) is 0 Å². The summed E-state index contributed by atoms with van der Waals surface area (Å²) in [4.78, 5) is 4.20. The van der Waals surface area contributed by atoms with Crippen LogP contribution in [0, 0.1) is 14.9 Å². The maximum atomic E-state index is 8.98. The van der Waals surface area contributed by atoms with Crippen LogP contribution in [0.2, 0.25) is 5.02 Å². The number of benzene rings is 1. The van der Waals surface area contributed by atoms with Crippen LogP contribution in [-0.4, -0.2) is 12.0 Å². The maximum absolute atomic E-state index is 8.98. The Hall–Kier alpha value is -1.06. The van der Waals surface area contributed by atoms with Gasteiger partial charge in [-0.05, 0) is 34.7 Å². The van der Waals surface area contributed by atoms with Crippen LogP contribution in [0.15, 0.2) is 18.3 Å². The SMILES string of the molecule is CNc1c(C#N)cnc2c(Cl)cc(I)cc12. The second kappa shape index (κ2) is 4.44. The highest BCUT2D eigenvalue weighted by molar-refractivity contribution is 14.1. The normalized spacial score (nSPS) is 10.1. The zero-order valence-electron chi connectivity index (χ0n) is 8.38. The number of hydrogen-bond donors (Lipinski definition) is 1. The summed E-state index contributed by atoms with van der Waals surface area (Å²) in [6.07, 6.45) is 1.53. The van der Waals surface area contributed by atoms with Gasteiger partial charge in [-0.1, -0.05) is 11.6 Å². The molecule has 2 rings (SSSR count). The number of anilines is 1. The molecule has 0 bridgehead atoms. The van der Waals surface area contributed by atoms with Crippen LogP contribution in [0.5, 0.6) is 0 Å². The van der Waals surface area contributed by atoms with E-state index in [9.17, 15) is 0 Å². The summed E-state index contributed by atoms with van der Waals surface area (Å²) in [5, 5.41) is 13.5. The predicted octanol–water partition coefficient (Wildman–Crippen LogP) is 3.41. The highest BCUT2D eigenvalue weighted by Gasteiger charge is 2.10. The molecule has 0 aliphatic heterocycles. The zero-order valence-corrected chi connectivity index (χ0v) is 11.3. The van der Waals surface area contributed by atoms with E-state index in [1.54, 1.807) is 7.05 Å². The minimum absolute atomic E-state index is 0.521. The lowest BCUT2D eigenvalue weighted by molar-refractivity contribution is 1.35. The Morgan fingerprint density at radius 2 is 2.25 bits per heavy atom. The number of halogens is 2. The van der Waals surface area contributed by atoms with Crippen LogP contribution in [-0.2, 0) is 0 Å². The number of rotatable bonds is 1. The molecule has 0 radical (unpaired) electrons. The highest BCUT2D eigenvalue weighted by Crippen LogP contribution is 2.31. The second-order valence-electron chi connectivity index (χ2n) is 3.19. The predicted molar refractivity (Wildman–Crippen MR) is 73.7 cm³/mol. The van der Waals surface area contributed by atoms with E-state index < -0.39 is 0 Å². The van der Waals surface area contributed by atoms with E-state index in [0.717, 1.165) is 14.6 Å². The van der Waals surface area contributed by atoms with Crippen LogP contribution < -0.4 is 5.32 Å². The number of nitriles is 1. The molecule has 1 N–H and O–H groups in total. The summed E-state index contributed by atoms with van der Waals surface area (Å²) in [6, 6.07) is 5.92. The molecule has 1 aromatic carbocycles. The topological polar surface area (TPSA) is 48.7 Å². The van der Waals surface area contributed by atoms with Crippen molar-refractivity contribution >= 4 is 50.8 Å². The smallest absolute Gasteiger partial charge is 0.103 e. The van der Waals surface area contributed by atoms with Crippen molar-refractivity contribution in [2.24, 2.45) is 0 Å². The molecule has 2 aromatic rings. The summed E-state index contributed by atoms with van der Waals surface area (Å²) in [6.45, 7) is 0. The van der Waals surface area contributed by atoms with Crippen molar-refractivity contribution in [2.75, 3.05) is 12.4 Å². The number of hydrogen-bond acceptors (Lipinski definition) is 3. The Balaban J connectivity index is 2.93. The van der Waals surface area contributed by atoms with Crippen molar-refractivity contribution in [1.82, 2.24) is 4.98 Å². The molecule has 16 heavy (non-hydrogen) atoms. The lowest BCUT2D eigenvalue weighted by atomic mass is 10.1. The minimum Gasteiger partial charge on any atom is -0.386 e. The van der Waals surface area contributed by atoms with Crippen LogP contribution in [0.1, 0.15) is 5.56 Å². The Labute approximate surface area is 112 Å². The molecule has 5 heteroatoms. The van der Waals surface area contributed by atoms with Gasteiger partial charge in [0.05, 0.1) is 21.8 Å². The third-order valence-electron chi connectivity index (χ3n) is 2.26. The first kappa shape index (κ1) is 11.4. The maximum Gasteiger partial charge on any atom is 0.103 e. The van der Waals surface area contributed by atoms with Crippen LogP contribution >= 0.6 is 34.2 Å². The standard InChI is InChI=1S/C11H7ClIN3/c1-15-10-6(4-14)5-16-11-8(10)2-7(13)3-9(11)12/h2-3,5H,1H3,(H,15,16). The van der Waals surface area contributed by atoms with E-state index in [4.69, 9.17) is 16.9 Å². The van der Waals surface area contributed by atoms with Crippen molar-refractivity contribution in [1.29, 1.82) is 5.26 Å². The third-order valence-corrected chi connectivity index (χ3v) is 3.17. The van der Waals surface area contributed by atoms with E-state index in [1.165, 1.54) is 6.20 Å². The van der Waals surface area contributed by atoms with Gasteiger partial charge in [0.15, 0.2) is 0 Å². The van der Waals surface area contributed by atoms with E-state index in [1.807, 2.05) is 12.1 Å². The zero-order chi connectivity index (χ0) is 11.7. The summed E-state index contributed by atoms with van der Waals surface area (Å²) in [7, 11) is 1.78. The fourth-order valence-electron chi connectivity index (χ4n) is 1.58. The van der Waals surface area contributed by atoms with Gasteiger partial charge in [-0.25, -0.2) is 0 Å². The second-order valence-corrected chi connectivity index (χ2v) is 4.85. The molecular weight excluding hydrogens is 336 g/mol. The van der Waals surface area contributed by atoms with Crippen molar-refractivity contribution in [3.8, 4) is 6.07 Å². The fourth-order valence-corrected chi connectivity index (χ4v) is 2.66. The van der Waals surface area contributed by atoms with Gasteiger partial charge in [0.1, 0.15) is 6.07 Å². The van der Waals surface area contributed by atoms with E-state index in [0.29, 0.717) is 16.1 Å². The van der Waals surface area contributed by atoms with Gasteiger partial charge in [0, 0.05) is 22.2 Å². The van der Waals surface area contributed by atoms with Gasteiger partial charge in [-0.15, -0.1) is 0 Å². The first-order chi connectivity index (χ1) is 7.67. The van der Waals surface area contributed by atoms with E-state index >= 15 is 0 Å². The van der Waals surface area contributed by atoms with Gasteiger partial charge < -0.3 is 5.32 Å². The summed E-state index contributed by atoms with van der Waals surface area (Å²) in [5.41, 5.74) is 2.01. The summed E-state index contributed by atoms with van der Waals surface area (Å²) < 4.78 is 1.02. The Bertz CT molecular complexity index is 604. The molecule has 0 saturated heterocycles. The lowest BCUT2D eigenvalue weighted by Gasteiger charge is -2.08. The molecule has 0 fully saturated rings. The molecule has 0 saturated carbocycles. The Morgan fingerprint density at radius 1 is 1.50 bits per heavy atom. The summed E-state index contributed by atoms with van der Waals surface area (Å²) in [5.74, 6) is 0. The number of nitrogens with zero attached hydrogens (tertiary/aromatic N) is 2. The van der Waals surface area contributed by atoms with Gasteiger partial charge in [0.2, 0.25) is 0 Å². The molecule has 1 aromatic heterocycles. The number of nitrogens with one attached hydrogen (secondary N) is 1. The Morgan fingerprint density at radius 3 is 2.88 bits per heavy atom. The van der Waals surface area contributed by atoms with Gasteiger partial charge in [0.25, 0.3) is 0 Å². The van der Waals surface area contributed by atoms with Crippen molar-refractivity contribution in [2.45, 2.75) is 0 Å². The molecule has 0 aliphatic rings. The van der Waals surface area contributed by atoms with Crippen molar-refractivity contribution in [3.05, 3.63) is 32.5 Å². The van der Waals surface area contributed by atoms with Crippen LogP contribution in [0.25, 0.3) is 10.9 Å². The first-order valence-electron chi connectivity index (χ1n) is 4.53. The highest BCUT2D eigenvalue weighted by atomic mass is 127. The molecule has 80 valence electrons. The molecular formula is C11H7ClIN3. The Kier molecular flexibility index (Phi) is 3.17. The average molecular weight is 344 g/mol. The lowest BCUT2D eigenvalue weighted by Crippen LogP contribution is -1.96. The van der Waals surface area contributed by atoms with Gasteiger partial charge in [-0.2, -0.15) is 5.26 Å². The van der Waals surface area contributed by atoms with E-state index in [-0.39, 0.29) is 0 Å². The number of fused-ring (bicyclic) bond motifs is 1. The first-order valence-corrected chi connectivity index (χ1v) is 5.98. The number of aromatic nitrogens is 1. The van der Waals surface area contributed by atoms with Gasteiger partial charge in [-0.3, -0.25) is 4.98 Å². The largest absolute Gasteiger partial charge is 0.386 e. The minimum atomic E-state index is 0.521. The van der Waals surface area contributed by atoms with E-state index in [2.05, 4.69) is 39.0 Å². The molecule has 0 atom stereocenters. The number of pyridine rings is 1. The quantitative estimate of drug-likeness (QED) is 0.807. The molecule has 0 aliphatic carbocycles. The fraction of sp³-hybridized carbons (Fsp3) is 0.0909. The molecule has 1 heterocycles. The average Bonchev–Trinajstić information content (AvgIpc) is 2.27. The third kappa shape index (κ3) is 1.81. The van der Waals surface area contributed by atoms with Crippen molar-refractivity contribution < 1.29 is 0 Å². The van der Waals surface area contributed by atoms with Crippen LogP contribution in [0.4, 0.5) is 5.69 Å². The molecule has 0 amide bonds.